The van der Waals surface area contributed by atoms with E-state index in [2.05, 4.69) is 10.2 Å². The molecule has 0 aliphatic carbocycles. The number of carbonyl (C=O) groups is 1. The summed E-state index contributed by atoms with van der Waals surface area (Å²) in [5.74, 6) is -1.90. The van der Waals surface area contributed by atoms with E-state index in [0.717, 1.165) is 12.1 Å². The van der Waals surface area contributed by atoms with Gasteiger partial charge in [-0.25, -0.2) is 14.3 Å². The lowest BCUT2D eigenvalue weighted by molar-refractivity contribution is 0.0696. The number of nitrogens with zero attached hydrogens (tertiary/aromatic N) is 1. The number of H-pyrrole nitrogens is 1. The Hall–Kier alpha value is -2.50. The van der Waals surface area contributed by atoms with Crippen LogP contribution in [-0.4, -0.2) is 21.3 Å². The Balaban J connectivity index is 2.55. The minimum atomic E-state index is -1.23. The summed E-state index contributed by atoms with van der Waals surface area (Å²) in [5, 5.41) is 14.7. The summed E-state index contributed by atoms with van der Waals surface area (Å²) < 4.78 is 13.2. The van der Waals surface area contributed by atoms with E-state index < -0.39 is 11.8 Å². The molecular formula is C11H7FN2O3. The van der Waals surface area contributed by atoms with E-state index in [0.29, 0.717) is 11.3 Å². The Kier molecular flexibility index (Phi) is 2.70. The van der Waals surface area contributed by atoms with Crippen LogP contribution >= 0.6 is 0 Å². The number of aromatic nitrogens is 2. The van der Waals surface area contributed by atoms with Gasteiger partial charge < -0.3 is 5.11 Å². The van der Waals surface area contributed by atoms with Crippen LogP contribution in [0.3, 0.4) is 0 Å². The van der Waals surface area contributed by atoms with E-state index in [-0.39, 0.29) is 11.1 Å². The number of benzene rings is 1. The van der Waals surface area contributed by atoms with Crippen molar-refractivity contribution in [2.45, 2.75) is 0 Å². The average molecular weight is 234 g/mol. The first kappa shape index (κ1) is 11.0. The Morgan fingerprint density at radius 2 is 2.06 bits per heavy atom. The van der Waals surface area contributed by atoms with Crippen LogP contribution in [0, 0.1) is 5.82 Å². The van der Waals surface area contributed by atoms with E-state index in [1.807, 2.05) is 0 Å². The fourth-order valence-corrected chi connectivity index (χ4v) is 1.37. The number of hydrogen-bond donors (Lipinski definition) is 2. The number of hydrogen-bond acceptors (Lipinski definition) is 3. The van der Waals surface area contributed by atoms with E-state index in [9.17, 15) is 14.0 Å². The summed E-state index contributed by atoms with van der Waals surface area (Å²) >= 11 is 0. The first-order chi connectivity index (χ1) is 8.06. The average Bonchev–Trinajstić information content (AvgIpc) is 2.29. The molecule has 2 aromatic rings. The van der Waals surface area contributed by atoms with E-state index in [1.165, 1.54) is 18.2 Å². The maximum Gasteiger partial charge on any atom is 0.335 e. The van der Waals surface area contributed by atoms with Crippen molar-refractivity contribution in [1.29, 1.82) is 0 Å². The number of carboxylic acid groups (broad SMARTS) is 1. The van der Waals surface area contributed by atoms with Gasteiger partial charge in [-0.05, 0) is 24.3 Å². The summed E-state index contributed by atoms with van der Waals surface area (Å²) in [5.41, 5.74) is 0.0295. The molecule has 5 nitrogen and oxygen atoms in total. The lowest BCUT2D eigenvalue weighted by Crippen LogP contribution is -2.06. The van der Waals surface area contributed by atoms with Gasteiger partial charge in [0.1, 0.15) is 5.82 Å². The van der Waals surface area contributed by atoms with Gasteiger partial charge in [-0.2, -0.15) is 5.10 Å². The van der Waals surface area contributed by atoms with E-state index >= 15 is 0 Å². The first-order valence-electron chi connectivity index (χ1n) is 4.66. The maximum absolute atomic E-state index is 13.2. The second-order valence-corrected chi connectivity index (χ2v) is 3.34. The van der Waals surface area contributed by atoms with Crippen LogP contribution in [0.4, 0.5) is 4.39 Å². The number of halogens is 1. The first-order valence-corrected chi connectivity index (χ1v) is 4.66. The normalized spacial score (nSPS) is 10.2. The van der Waals surface area contributed by atoms with Crippen LogP contribution in [0.1, 0.15) is 10.4 Å². The molecule has 0 saturated heterocycles. The third-order valence-electron chi connectivity index (χ3n) is 2.12. The molecule has 1 aromatic heterocycles. The molecule has 17 heavy (non-hydrogen) atoms. The van der Waals surface area contributed by atoms with Crippen molar-refractivity contribution in [3.05, 3.63) is 52.1 Å². The van der Waals surface area contributed by atoms with Crippen molar-refractivity contribution < 1.29 is 14.3 Å². The lowest BCUT2D eigenvalue weighted by Gasteiger charge is -2.02. The second kappa shape index (κ2) is 4.17. The van der Waals surface area contributed by atoms with Crippen LogP contribution in [0.5, 0.6) is 0 Å². The molecule has 0 spiro atoms. The minimum absolute atomic E-state index is 0.173. The van der Waals surface area contributed by atoms with Crippen molar-refractivity contribution in [2.75, 3.05) is 0 Å². The molecule has 0 aliphatic rings. The van der Waals surface area contributed by atoms with Gasteiger partial charge in [0.2, 0.25) is 0 Å². The van der Waals surface area contributed by atoms with Gasteiger partial charge in [0.05, 0.1) is 11.3 Å². The van der Waals surface area contributed by atoms with Crippen LogP contribution < -0.4 is 5.56 Å². The minimum Gasteiger partial charge on any atom is -0.478 e. The molecular weight excluding hydrogens is 227 g/mol. The van der Waals surface area contributed by atoms with Gasteiger partial charge in [-0.15, -0.1) is 0 Å². The number of aromatic carboxylic acids is 1. The lowest BCUT2D eigenvalue weighted by atomic mass is 10.1. The number of aromatic amines is 1. The third-order valence-corrected chi connectivity index (χ3v) is 2.12. The molecule has 86 valence electrons. The number of carboxylic acids is 1. The summed E-state index contributed by atoms with van der Waals surface area (Å²) in [6.07, 6.45) is 0. The van der Waals surface area contributed by atoms with Crippen molar-refractivity contribution >= 4 is 5.97 Å². The molecule has 0 unspecified atom stereocenters. The molecule has 0 bridgehead atoms. The van der Waals surface area contributed by atoms with E-state index in [1.54, 1.807) is 0 Å². The maximum atomic E-state index is 13.2. The highest BCUT2D eigenvalue weighted by Crippen LogP contribution is 2.18. The zero-order chi connectivity index (χ0) is 12.4. The van der Waals surface area contributed by atoms with Crippen molar-refractivity contribution in [3.63, 3.8) is 0 Å². The van der Waals surface area contributed by atoms with Crippen LogP contribution in [0.15, 0.2) is 35.1 Å². The molecule has 0 amide bonds. The number of rotatable bonds is 2. The van der Waals surface area contributed by atoms with Crippen LogP contribution in [0.25, 0.3) is 11.3 Å². The van der Waals surface area contributed by atoms with E-state index in [4.69, 9.17) is 5.11 Å². The zero-order valence-corrected chi connectivity index (χ0v) is 8.48. The van der Waals surface area contributed by atoms with Crippen molar-refractivity contribution in [2.24, 2.45) is 0 Å². The summed E-state index contributed by atoms with van der Waals surface area (Å²) in [4.78, 5) is 21.6. The molecule has 0 aliphatic heterocycles. The number of nitrogens with one attached hydrogen (secondary N) is 1. The van der Waals surface area contributed by atoms with Crippen molar-refractivity contribution in [1.82, 2.24) is 10.2 Å². The SMILES string of the molecule is O=C(O)c1cc(F)cc(-c2ccc(=O)[nH]n2)c1. The monoisotopic (exact) mass is 234 g/mol. The molecule has 1 aromatic carbocycles. The molecule has 0 saturated carbocycles. The largest absolute Gasteiger partial charge is 0.478 e. The highest BCUT2D eigenvalue weighted by Gasteiger charge is 2.09. The molecule has 0 radical (unpaired) electrons. The second-order valence-electron chi connectivity index (χ2n) is 3.34. The molecule has 1 heterocycles. The molecule has 0 atom stereocenters. The van der Waals surface area contributed by atoms with Crippen LogP contribution in [-0.2, 0) is 0 Å². The van der Waals surface area contributed by atoms with Gasteiger partial charge in [-0.3, -0.25) is 4.79 Å². The van der Waals surface area contributed by atoms with Gasteiger partial charge >= 0.3 is 5.97 Å². The van der Waals surface area contributed by atoms with Gasteiger partial charge in [0.25, 0.3) is 5.56 Å². The molecule has 2 N–H and O–H groups in total. The Morgan fingerprint density at radius 1 is 1.29 bits per heavy atom. The zero-order valence-electron chi connectivity index (χ0n) is 8.48. The van der Waals surface area contributed by atoms with Crippen molar-refractivity contribution in [3.8, 4) is 11.3 Å². The Morgan fingerprint density at radius 3 is 2.65 bits per heavy atom. The molecule has 2 rings (SSSR count). The molecule has 6 heteroatoms. The highest BCUT2D eigenvalue weighted by molar-refractivity contribution is 5.89. The fourth-order valence-electron chi connectivity index (χ4n) is 1.37. The Bertz CT molecular complexity index is 616. The topological polar surface area (TPSA) is 83.0 Å². The summed E-state index contributed by atoms with van der Waals surface area (Å²) in [6.45, 7) is 0. The third kappa shape index (κ3) is 2.36. The van der Waals surface area contributed by atoms with Gasteiger partial charge in [0.15, 0.2) is 0 Å². The molecule has 0 fully saturated rings. The predicted molar refractivity (Wildman–Crippen MR) is 57.2 cm³/mol. The quantitative estimate of drug-likeness (QED) is 0.819. The predicted octanol–water partition coefficient (Wildman–Crippen LogP) is 1.27. The van der Waals surface area contributed by atoms with Gasteiger partial charge in [0, 0.05) is 11.6 Å². The van der Waals surface area contributed by atoms with Crippen LogP contribution in [0.2, 0.25) is 0 Å². The van der Waals surface area contributed by atoms with Gasteiger partial charge in [-0.1, -0.05) is 0 Å². The highest BCUT2D eigenvalue weighted by atomic mass is 19.1. The summed E-state index contributed by atoms with van der Waals surface area (Å²) in [6, 6.07) is 5.96. The fraction of sp³-hybridized carbons (Fsp3) is 0. The summed E-state index contributed by atoms with van der Waals surface area (Å²) in [7, 11) is 0. The smallest absolute Gasteiger partial charge is 0.335 e. The standard InChI is InChI=1S/C11H7FN2O3/c12-8-4-6(3-7(5-8)11(16)17)9-1-2-10(15)14-13-9/h1-5H,(H,14,15)(H,16,17). The Labute approximate surface area is 94.5 Å².